The number of halogens is 1. The Balaban J connectivity index is 0.00000300. The van der Waals surface area contributed by atoms with E-state index in [4.69, 9.17) is 9.47 Å². The SMILES string of the molecule is CN=C(NCC1(C)COC1)N(C)Cc1cc(C)n(-c2ccc(OC)cc2)c1C.I. The quantitative estimate of drug-likeness (QED) is 0.364. The largest absolute Gasteiger partial charge is 0.497 e. The summed E-state index contributed by atoms with van der Waals surface area (Å²) in [5.74, 6) is 1.77. The molecule has 0 bridgehead atoms. The number of benzene rings is 1. The first-order chi connectivity index (χ1) is 13.4. The molecule has 2 heterocycles. The molecule has 1 aromatic heterocycles. The number of aryl methyl sites for hydroxylation is 1. The Labute approximate surface area is 191 Å². The highest BCUT2D eigenvalue weighted by atomic mass is 127. The lowest BCUT2D eigenvalue weighted by molar-refractivity contribution is -0.0972. The molecular weight excluding hydrogens is 479 g/mol. The number of nitrogens with zero attached hydrogens (tertiary/aromatic N) is 3. The van der Waals surface area contributed by atoms with Gasteiger partial charge in [-0.3, -0.25) is 4.99 Å². The van der Waals surface area contributed by atoms with Crippen molar-refractivity contribution in [3.8, 4) is 11.4 Å². The van der Waals surface area contributed by atoms with Crippen molar-refractivity contribution in [3.05, 3.63) is 47.3 Å². The molecule has 3 rings (SSSR count). The number of aliphatic imine (C=N–C) groups is 1. The molecular formula is C22H33IN4O2. The van der Waals surface area contributed by atoms with Crippen LogP contribution < -0.4 is 10.1 Å². The molecule has 1 aromatic carbocycles. The normalized spacial score (nSPS) is 15.3. The van der Waals surface area contributed by atoms with E-state index in [9.17, 15) is 0 Å². The monoisotopic (exact) mass is 512 g/mol. The molecule has 0 spiro atoms. The Hall–Kier alpha value is -1.74. The molecule has 0 atom stereocenters. The summed E-state index contributed by atoms with van der Waals surface area (Å²) in [6, 6.07) is 10.4. The predicted octanol–water partition coefficient (Wildman–Crippen LogP) is 3.76. The van der Waals surface area contributed by atoms with Gasteiger partial charge in [0.15, 0.2) is 5.96 Å². The van der Waals surface area contributed by atoms with E-state index >= 15 is 0 Å². The third kappa shape index (κ3) is 5.25. The van der Waals surface area contributed by atoms with Gasteiger partial charge in [0.25, 0.3) is 0 Å². The van der Waals surface area contributed by atoms with Crippen LogP contribution in [0.15, 0.2) is 35.3 Å². The van der Waals surface area contributed by atoms with Crippen LogP contribution in [0.3, 0.4) is 0 Å². The number of hydrogen-bond donors (Lipinski definition) is 1. The van der Waals surface area contributed by atoms with Crippen molar-refractivity contribution >= 4 is 29.9 Å². The van der Waals surface area contributed by atoms with Gasteiger partial charge < -0.3 is 24.3 Å². The summed E-state index contributed by atoms with van der Waals surface area (Å²) in [7, 11) is 5.60. The average Bonchev–Trinajstić information content (AvgIpc) is 2.94. The van der Waals surface area contributed by atoms with E-state index in [0.717, 1.165) is 43.7 Å². The molecule has 1 aliphatic heterocycles. The molecule has 1 aliphatic rings. The summed E-state index contributed by atoms with van der Waals surface area (Å²) in [6.07, 6.45) is 0. The second kappa shape index (κ2) is 9.84. The lowest BCUT2D eigenvalue weighted by Gasteiger charge is -2.39. The molecule has 0 saturated carbocycles. The second-order valence-electron chi connectivity index (χ2n) is 7.99. The van der Waals surface area contributed by atoms with E-state index in [0.29, 0.717) is 0 Å². The number of ether oxygens (including phenoxy) is 2. The summed E-state index contributed by atoms with van der Waals surface area (Å²) in [5, 5.41) is 3.49. The van der Waals surface area contributed by atoms with Crippen LogP contribution >= 0.6 is 24.0 Å². The van der Waals surface area contributed by atoms with Crippen molar-refractivity contribution in [2.75, 3.05) is 41.0 Å². The van der Waals surface area contributed by atoms with Crippen LogP contribution in [0.5, 0.6) is 5.75 Å². The zero-order valence-electron chi connectivity index (χ0n) is 18.3. The molecule has 7 heteroatoms. The Bertz CT molecular complexity index is 841. The lowest BCUT2D eigenvalue weighted by Crippen LogP contribution is -2.51. The molecule has 1 fully saturated rings. The van der Waals surface area contributed by atoms with Crippen molar-refractivity contribution in [1.82, 2.24) is 14.8 Å². The van der Waals surface area contributed by atoms with Crippen molar-refractivity contribution in [2.45, 2.75) is 27.3 Å². The van der Waals surface area contributed by atoms with Crippen molar-refractivity contribution in [3.63, 3.8) is 0 Å². The third-order valence-electron chi connectivity index (χ3n) is 5.42. The van der Waals surface area contributed by atoms with Gasteiger partial charge in [0, 0.05) is 49.7 Å². The Morgan fingerprint density at radius 1 is 1.28 bits per heavy atom. The Morgan fingerprint density at radius 3 is 2.45 bits per heavy atom. The Morgan fingerprint density at radius 2 is 1.93 bits per heavy atom. The van der Waals surface area contributed by atoms with E-state index in [1.54, 1.807) is 7.11 Å². The van der Waals surface area contributed by atoms with Crippen molar-refractivity contribution < 1.29 is 9.47 Å². The molecule has 6 nitrogen and oxygen atoms in total. The smallest absolute Gasteiger partial charge is 0.193 e. The van der Waals surface area contributed by atoms with Crippen LogP contribution in [-0.2, 0) is 11.3 Å². The first kappa shape index (κ1) is 23.5. The first-order valence-electron chi connectivity index (χ1n) is 9.68. The maximum absolute atomic E-state index is 5.34. The molecule has 0 radical (unpaired) electrons. The van der Waals surface area contributed by atoms with Crippen LogP contribution in [0.1, 0.15) is 23.9 Å². The summed E-state index contributed by atoms with van der Waals surface area (Å²) < 4.78 is 12.9. The van der Waals surface area contributed by atoms with E-state index in [-0.39, 0.29) is 29.4 Å². The van der Waals surface area contributed by atoms with Gasteiger partial charge in [0.1, 0.15) is 5.75 Å². The molecule has 2 aromatic rings. The van der Waals surface area contributed by atoms with Crippen LogP contribution in [-0.4, -0.2) is 56.4 Å². The number of hydrogen-bond acceptors (Lipinski definition) is 3. The molecule has 1 saturated heterocycles. The molecule has 1 N–H and O–H groups in total. The maximum Gasteiger partial charge on any atom is 0.193 e. The number of aromatic nitrogens is 1. The van der Waals surface area contributed by atoms with Crippen LogP contribution in [0, 0.1) is 19.3 Å². The number of nitrogens with one attached hydrogen (secondary N) is 1. The fourth-order valence-corrected chi connectivity index (χ4v) is 3.68. The molecule has 160 valence electrons. The van der Waals surface area contributed by atoms with Crippen LogP contribution in [0.2, 0.25) is 0 Å². The number of methoxy groups -OCH3 is 1. The second-order valence-corrected chi connectivity index (χ2v) is 7.99. The lowest BCUT2D eigenvalue weighted by atomic mass is 9.89. The predicted molar refractivity (Wildman–Crippen MR) is 129 cm³/mol. The zero-order valence-corrected chi connectivity index (χ0v) is 20.6. The topological polar surface area (TPSA) is 51.0 Å². The fourth-order valence-electron chi connectivity index (χ4n) is 3.68. The molecule has 0 unspecified atom stereocenters. The minimum absolute atomic E-state index is 0. The highest BCUT2D eigenvalue weighted by Crippen LogP contribution is 2.26. The fraction of sp³-hybridized carbons (Fsp3) is 0.500. The summed E-state index contributed by atoms with van der Waals surface area (Å²) in [6.45, 7) is 9.83. The highest BCUT2D eigenvalue weighted by molar-refractivity contribution is 14.0. The van der Waals surface area contributed by atoms with Crippen molar-refractivity contribution in [1.29, 1.82) is 0 Å². The van der Waals surface area contributed by atoms with E-state index in [1.807, 2.05) is 19.2 Å². The van der Waals surface area contributed by atoms with Crippen LogP contribution in [0.4, 0.5) is 0 Å². The number of rotatable bonds is 6. The van der Waals surface area contributed by atoms with E-state index in [2.05, 4.69) is 65.8 Å². The third-order valence-corrected chi connectivity index (χ3v) is 5.42. The Kier molecular flexibility index (Phi) is 7.99. The minimum Gasteiger partial charge on any atom is -0.497 e. The maximum atomic E-state index is 5.34. The van der Waals surface area contributed by atoms with Gasteiger partial charge in [0.2, 0.25) is 0 Å². The van der Waals surface area contributed by atoms with Gasteiger partial charge in [-0.15, -0.1) is 24.0 Å². The minimum atomic E-state index is 0. The highest BCUT2D eigenvalue weighted by Gasteiger charge is 2.33. The van der Waals surface area contributed by atoms with Gasteiger partial charge in [-0.2, -0.15) is 0 Å². The first-order valence-corrected chi connectivity index (χ1v) is 9.68. The van der Waals surface area contributed by atoms with Crippen LogP contribution in [0.25, 0.3) is 5.69 Å². The van der Waals surface area contributed by atoms with Crippen molar-refractivity contribution in [2.24, 2.45) is 10.4 Å². The van der Waals surface area contributed by atoms with Gasteiger partial charge in [-0.05, 0) is 49.7 Å². The van der Waals surface area contributed by atoms with Gasteiger partial charge in [0.05, 0.1) is 20.3 Å². The molecule has 29 heavy (non-hydrogen) atoms. The van der Waals surface area contributed by atoms with E-state index < -0.39 is 0 Å². The number of guanidine groups is 1. The van der Waals surface area contributed by atoms with Gasteiger partial charge in [-0.1, -0.05) is 6.92 Å². The standard InChI is InChI=1S/C22H32N4O2.HI/c1-16-11-18(17(2)26(16)19-7-9-20(27-6)10-8-19)12-25(5)21(23-4)24-13-22(3)14-28-15-22;/h7-11H,12-15H2,1-6H3,(H,23,24);1H. The summed E-state index contributed by atoms with van der Waals surface area (Å²) in [5.41, 5.74) is 5.10. The zero-order chi connectivity index (χ0) is 20.3. The van der Waals surface area contributed by atoms with Gasteiger partial charge in [-0.25, -0.2) is 0 Å². The summed E-state index contributed by atoms with van der Waals surface area (Å²) in [4.78, 5) is 6.62. The van der Waals surface area contributed by atoms with E-state index in [1.165, 1.54) is 17.0 Å². The van der Waals surface area contributed by atoms with Gasteiger partial charge >= 0.3 is 0 Å². The molecule has 0 aliphatic carbocycles. The summed E-state index contributed by atoms with van der Waals surface area (Å²) >= 11 is 0. The molecule has 0 amide bonds. The average molecular weight is 512 g/mol.